The van der Waals surface area contributed by atoms with Crippen LogP contribution in [0.25, 0.3) is 11.5 Å². The number of nitrogens with zero attached hydrogens (tertiary/aromatic N) is 2. The van der Waals surface area contributed by atoms with Gasteiger partial charge in [0.1, 0.15) is 6.04 Å². The van der Waals surface area contributed by atoms with Crippen molar-refractivity contribution < 1.29 is 22.5 Å². The van der Waals surface area contributed by atoms with E-state index in [2.05, 4.69) is 14.9 Å². The Morgan fingerprint density at radius 3 is 2.53 bits per heavy atom. The van der Waals surface area contributed by atoms with E-state index in [0.717, 1.165) is 11.1 Å². The summed E-state index contributed by atoms with van der Waals surface area (Å²) in [4.78, 5) is 16.2. The molecule has 8 nitrogen and oxygen atoms in total. The summed E-state index contributed by atoms with van der Waals surface area (Å²) in [5.41, 5.74) is 1.82. The summed E-state index contributed by atoms with van der Waals surface area (Å²) >= 11 is 11.6. The van der Waals surface area contributed by atoms with Gasteiger partial charge in [-0.05, 0) is 44.2 Å². The van der Waals surface area contributed by atoms with Gasteiger partial charge >= 0.3 is 5.97 Å². The number of esters is 1. The van der Waals surface area contributed by atoms with Crippen LogP contribution in [0, 0.1) is 6.92 Å². The minimum Gasteiger partial charge on any atom is -0.456 e. The highest BCUT2D eigenvalue weighted by Gasteiger charge is 2.24. The molecule has 0 saturated heterocycles. The third-order valence-electron chi connectivity index (χ3n) is 4.00. The van der Waals surface area contributed by atoms with Crippen LogP contribution in [0.3, 0.4) is 0 Å². The normalized spacial score (nSPS) is 12.5. The van der Waals surface area contributed by atoms with Crippen molar-refractivity contribution in [2.24, 2.45) is 0 Å². The van der Waals surface area contributed by atoms with Gasteiger partial charge in [0.25, 0.3) is 5.89 Å². The topological polar surface area (TPSA) is 111 Å². The molecule has 1 aromatic heterocycles. The number of nitrogens with one attached hydrogen (secondary N) is 1. The Balaban J connectivity index is 1.59. The zero-order chi connectivity index (χ0) is 21.9. The van der Waals surface area contributed by atoms with Gasteiger partial charge in [0, 0.05) is 5.56 Å². The van der Waals surface area contributed by atoms with E-state index in [9.17, 15) is 13.2 Å². The molecule has 158 valence electrons. The molecule has 0 amide bonds. The lowest BCUT2D eigenvalue weighted by molar-refractivity contribution is -0.146. The van der Waals surface area contributed by atoms with E-state index < -0.39 is 22.0 Å². The summed E-state index contributed by atoms with van der Waals surface area (Å²) in [5.74, 6) is -0.367. The Morgan fingerprint density at radius 2 is 1.87 bits per heavy atom. The first-order chi connectivity index (χ1) is 14.2. The van der Waals surface area contributed by atoms with Crippen molar-refractivity contribution >= 4 is 39.2 Å². The number of carbonyl (C=O) groups excluding carboxylic acids is 1. The number of hydrogen-bond acceptors (Lipinski definition) is 7. The SMILES string of the molecule is Cc1ccc(-c2nc(COC(=O)[C@@H](C)NS(=O)(=O)c3ccc(Cl)c(Cl)c3)no2)cc1. The maximum Gasteiger partial charge on any atom is 0.324 e. The molecule has 11 heteroatoms. The molecule has 3 rings (SSSR count). The number of aryl methyl sites for hydroxylation is 1. The second-order valence-electron chi connectivity index (χ2n) is 6.41. The number of hydrogen-bond donors (Lipinski definition) is 1. The summed E-state index contributed by atoms with van der Waals surface area (Å²) in [6.45, 7) is 3.04. The van der Waals surface area contributed by atoms with Crippen molar-refractivity contribution in [2.75, 3.05) is 0 Å². The number of halogens is 2. The second kappa shape index (κ2) is 9.13. The highest BCUT2D eigenvalue weighted by atomic mass is 35.5. The first kappa shape index (κ1) is 22.2. The molecule has 0 saturated carbocycles. The molecular weight excluding hydrogens is 453 g/mol. The van der Waals surface area contributed by atoms with E-state index in [1.165, 1.54) is 25.1 Å². The van der Waals surface area contributed by atoms with E-state index in [4.69, 9.17) is 32.5 Å². The molecule has 0 bridgehead atoms. The van der Waals surface area contributed by atoms with Crippen LogP contribution in [-0.2, 0) is 26.2 Å². The van der Waals surface area contributed by atoms with Crippen molar-refractivity contribution in [2.45, 2.75) is 31.4 Å². The van der Waals surface area contributed by atoms with Crippen LogP contribution >= 0.6 is 23.2 Å². The monoisotopic (exact) mass is 469 g/mol. The Hall–Kier alpha value is -2.46. The van der Waals surface area contributed by atoms with Crippen molar-refractivity contribution in [1.82, 2.24) is 14.9 Å². The van der Waals surface area contributed by atoms with Gasteiger partial charge in [-0.3, -0.25) is 4.79 Å². The van der Waals surface area contributed by atoms with Crippen LogP contribution in [0.1, 0.15) is 18.3 Å². The van der Waals surface area contributed by atoms with Gasteiger partial charge in [-0.15, -0.1) is 0 Å². The fourth-order valence-corrected chi connectivity index (χ4v) is 3.96. The molecule has 1 heterocycles. The van der Waals surface area contributed by atoms with Crippen LogP contribution in [0.2, 0.25) is 10.0 Å². The fourth-order valence-electron chi connectivity index (χ4n) is 2.38. The lowest BCUT2D eigenvalue weighted by atomic mass is 10.1. The zero-order valence-corrected chi connectivity index (χ0v) is 18.3. The average Bonchev–Trinajstić information content (AvgIpc) is 3.17. The van der Waals surface area contributed by atoms with Gasteiger partial charge in [-0.1, -0.05) is 46.1 Å². The molecule has 0 aliphatic rings. The predicted molar refractivity (Wildman–Crippen MR) is 111 cm³/mol. The third kappa shape index (κ3) is 5.37. The molecule has 0 fully saturated rings. The summed E-state index contributed by atoms with van der Waals surface area (Å²) in [5, 5.41) is 4.05. The lowest BCUT2D eigenvalue weighted by Crippen LogP contribution is -2.39. The van der Waals surface area contributed by atoms with E-state index in [1.807, 2.05) is 31.2 Å². The van der Waals surface area contributed by atoms with Gasteiger partial charge in [-0.25, -0.2) is 8.42 Å². The van der Waals surface area contributed by atoms with Gasteiger partial charge in [0.2, 0.25) is 15.8 Å². The van der Waals surface area contributed by atoms with Crippen LogP contribution in [0.4, 0.5) is 0 Å². The Labute approximate surface area is 183 Å². The molecule has 30 heavy (non-hydrogen) atoms. The molecule has 0 spiro atoms. The minimum atomic E-state index is -4.01. The van der Waals surface area contributed by atoms with Crippen molar-refractivity contribution in [1.29, 1.82) is 0 Å². The van der Waals surface area contributed by atoms with Gasteiger partial charge in [-0.2, -0.15) is 9.71 Å². The van der Waals surface area contributed by atoms with Crippen molar-refractivity contribution in [3.05, 3.63) is 63.9 Å². The molecule has 2 aromatic carbocycles. The minimum absolute atomic E-state index is 0.0799. The van der Waals surface area contributed by atoms with E-state index in [1.54, 1.807) is 0 Å². The molecule has 3 aromatic rings. The fraction of sp³-hybridized carbons (Fsp3) is 0.211. The van der Waals surface area contributed by atoms with Gasteiger partial charge < -0.3 is 9.26 Å². The van der Waals surface area contributed by atoms with Crippen LogP contribution in [0.15, 0.2) is 51.9 Å². The Bertz CT molecular complexity index is 1160. The number of rotatable bonds is 7. The average molecular weight is 470 g/mol. The lowest BCUT2D eigenvalue weighted by Gasteiger charge is -2.13. The number of benzene rings is 2. The molecule has 1 atom stereocenters. The number of carbonyl (C=O) groups is 1. The second-order valence-corrected chi connectivity index (χ2v) is 8.94. The van der Waals surface area contributed by atoms with Crippen molar-refractivity contribution in [3.63, 3.8) is 0 Å². The Morgan fingerprint density at radius 1 is 1.17 bits per heavy atom. The highest BCUT2D eigenvalue weighted by Crippen LogP contribution is 2.25. The number of sulfonamides is 1. The summed E-state index contributed by atoms with van der Waals surface area (Å²) in [6.07, 6.45) is 0. The Kier molecular flexibility index (Phi) is 6.77. The molecule has 0 unspecified atom stereocenters. The zero-order valence-electron chi connectivity index (χ0n) is 15.9. The predicted octanol–water partition coefficient (Wildman–Crippen LogP) is 3.76. The maximum absolute atomic E-state index is 12.4. The van der Waals surface area contributed by atoms with Gasteiger partial charge in [0.05, 0.1) is 14.9 Å². The van der Waals surface area contributed by atoms with E-state index in [-0.39, 0.29) is 33.3 Å². The first-order valence-corrected chi connectivity index (χ1v) is 10.9. The quantitative estimate of drug-likeness (QED) is 0.524. The molecule has 0 aliphatic carbocycles. The third-order valence-corrected chi connectivity index (χ3v) is 6.27. The summed E-state index contributed by atoms with van der Waals surface area (Å²) in [6, 6.07) is 10.1. The molecular formula is C19H17Cl2N3O5S. The van der Waals surface area contributed by atoms with Gasteiger partial charge in [0.15, 0.2) is 6.61 Å². The standard InChI is InChI=1S/C19H17Cl2N3O5S/c1-11-3-5-13(6-4-11)18-22-17(23-29-18)10-28-19(25)12(2)24-30(26,27)14-7-8-15(20)16(21)9-14/h3-9,12,24H,10H2,1-2H3/t12-/m1/s1. The molecule has 1 N–H and O–H groups in total. The largest absolute Gasteiger partial charge is 0.456 e. The van der Waals surface area contributed by atoms with Crippen LogP contribution in [0.5, 0.6) is 0 Å². The number of ether oxygens (including phenoxy) is 1. The smallest absolute Gasteiger partial charge is 0.324 e. The van der Waals surface area contributed by atoms with E-state index in [0.29, 0.717) is 0 Å². The first-order valence-electron chi connectivity index (χ1n) is 8.69. The van der Waals surface area contributed by atoms with Crippen LogP contribution < -0.4 is 4.72 Å². The highest BCUT2D eigenvalue weighted by molar-refractivity contribution is 7.89. The van der Waals surface area contributed by atoms with Crippen molar-refractivity contribution in [3.8, 4) is 11.5 Å². The van der Waals surface area contributed by atoms with E-state index >= 15 is 0 Å². The summed E-state index contributed by atoms with van der Waals surface area (Å²) < 4.78 is 37.3. The molecule has 0 aliphatic heterocycles. The molecule has 0 radical (unpaired) electrons. The maximum atomic E-state index is 12.4. The number of aromatic nitrogens is 2. The van der Waals surface area contributed by atoms with Crippen LogP contribution in [-0.4, -0.2) is 30.6 Å². The summed E-state index contributed by atoms with van der Waals surface area (Å²) in [7, 11) is -4.01.